The van der Waals surface area contributed by atoms with Gasteiger partial charge in [0.2, 0.25) is 5.88 Å². The van der Waals surface area contributed by atoms with Gasteiger partial charge in [-0.25, -0.2) is 14.8 Å². The zero-order valence-corrected chi connectivity index (χ0v) is 27.1. The van der Waals surface area contributed by atoms with Gasteiger partial charge in [0.05, 0.1) is 23.7 Å². The molecule has 0 aliphatic rings. The van der Waals surface area contributed by atoms with Crippen molar-refractivity contribution in [1.29, 1.82) is 0 Å². The van der Waals surface area contributed by atoms with E-state index in [0.29, 0.717) is 41.6 Å². The van der Waals surface area contributed by atoms with Crippen LogP contribution in [-0.2, 0) is 12.8 Å². The molecule has 0 atom stereocenters. The first-order valence-corrected chi connectivity index (χ1v) is 13.3. The van der Waals surface area contributed by atoms with Gasteiger partial charge in [-0.15, -0.1) is 0 Å². The molecular weight excluding hydrogens is 545 g/mol. The average Bonchev–Trinajstić information content (AvgIpc) is 3.38. The normalized spacial score (nSPS) is 11.0. The number of H-pyrrole nitrogens is 1. The molecule has 0 saturated heterocycles. The van der Waals surface area contributed by atoms with Crippen LogP contribution in [0.3, 0.4) is 0 Å². The fraction of sp³-hybridized carbons (Fsp3) is 0.258. The molecule has 0 aliphatic carbocycles. The SMILES string of the molecule is CCCc1nc(C)n(-c2ccc(OC(C)C)nc2)c(=O)c1Cc1ccc(-c2ccccc2-c2noc(=O)[nH]2)cc1.[K]. The molecule has 3 heterocycles. The van der Waals surface area contributed by atoms with Gasteiger partial charge >= 0.3 is 5.76 Å². The Balaban J connectivity index is 0.00000387. The number of hydrogen-bond donors (Lipinski definition) is 1. The Morgan fingerprint density at radius 1 is 1.00 bits per heavy atom. The monoisotopic (exact) mass is 576 g/mol. The Bertz CT molecular complexity index is 1740. The van der Waals surface area contributed by atoms with E-state index in [0.717, 1.165) is 34.4 Å². The molecule has 5 aromatic rings. The van der Waals surface area contributed by atoms with Crippen LogP contribution in [0.15, 0.2) is 81.0 Å². The molecular formula is C31H31KN5O4. The summed E-state index contributed by atoms with van der Waals surface area (Å²) in [4.78, 5) is 37.2. The summed E-state index contributed by atoms with van der Waals surface area (Å²) in [7, 11) is 0. The molecule has 0 amide bonds. The third-order valence-corrected chi connectivity index (χ3v) is 6.52. The van der Waals surface area contributed by atoms with E-state index in [2.05, 4.69) is 22.0 Å². The minimum Gasteiger partial charge on any atom is -0.475 e. The summed E-state index contributed by atoms with van der Waals surface area (Å²) in [6, 6.07) is 19.3. The standard InChI is InChI=1S/C31H31N5O4.K/c1-5-8-27-26(30(37)36(20(4)33-27)23-15-16-28(32-18-23)39-19(2)3)17-21-11-13-22(14-12-21)24-9-6-7-10-25(24)29-34-31(38)40-35-29;/h6-7,9-16,18-19H,5,8,17H2,1-4H3,(H,34,35,38);. The van der Waals surface area contributed by atoms with E-state index < -0.39 is 5.76 Å². The van der Waals surface area contributed by atoms with Crippen LogP contribution in [0.4, 0.5) is 0 Å². The van der Waals surface area contributed by atoms with Crippen molar-refractivity contribution in [2.24, 2.45) is 0 Å². The molecule has 5 rings (SSSR count). The van der Waals surface area contributed by atoms with Crippen molar-refractivity contribution in [3.63, 3.8) is 0 Å². The van der Waals surface area contributed by atoms with Crippen molar-refractivity contribution in [2.45, 2.75) is 53.1 Å². The van der Waals surface area contributed by atoms with Crippen LogP contribution in [0.25, 0.3) is 28.2 Å². The Hall–Kier alpha value is -3.15. The summed E-state index contributed by atoms with van der Waals surface area (Å²) in [5.41, 5.74) is 5.64. The maximum Gasteiger partial charge on any atom is 0.439 e. The second-order valence-electron chi connectivity index (χ2n) is 9.86. The smallest absolute Gasteiger partial charge is 0.439 e. The Morgan fingerprint density at radius 2 is 1.73 bits per heavy atom. The van der Waals surface area contributed by atoms with Crippen LogP contribution >= 0.6 is 0 Å². The van der Waals surface area contributed by atoms with E-state index in [4.69, 9.17) is 14.2 Å². The molecule has 9 nitrogen and oxygen atoms in total. The molecule has 1 radical (unpaired) electrons. The topological polar surface area (TPSA) is 116 Å². The predicted molar refractivity (Wildman–Crippen MR) is 159 cm³/mol. The fourth-order valence-electron chi connectivity index (χ4n) is 4.75. The zero-order chi connectivity index (χ0) is 28.2. The Kier molecular flexibility index (Phi) is 10.3. The van der Waals surface area contributed by atoms with Gasteiger partial charge in [0, 0.05) is 75.0 Å². The van der Waals surface area contributed by atoms with Gasteiger partial charge < -0.3 is 4.74 Å². The molecule has 0 saturated carbocycles. The quantitative estimate of drug-likeness (QED) is 0.248. The summed E-state index contributed by atoms with van der Waals surface area (Å²) in [6.07, 6.45) is 3.70. The number of hydrogen-bond acceptors (Lipinski definition) is 7. The fourth-order valence-corrected chi connectivity index (χ4v) is 4.75. The van der Waals surface area contributed by atoms with E-state index >= 15 is 0 Å². The summed E-state index contributed by atoms with van der Waals surface area (Å²) in [5, 5.41) is 3.84. The van der Waals surface area contributed by atoms with Gasteiger partial charge in [0.15, 0.2) is 5.82 Å². The number of aromatic nitrogens is 5. The second kappa shape index (κ2) is 13.7. The van der Waals surface area contributed by atoms with Crippen LogP contribution in [0, 0.1) is 6.92 Å². The van der Waals surface area contributed by atoms with Gasteiger partial charge in [0.25, 0.3) is 5.56 Å². The van der Waals surface area contributed by atoms with Gasteiger partial charge in [-0.1, -0.05) is 67.0 Å². The average molecular weight is 577 g/mol. The van der Waals surface area contributed by atoms with Crippen molar-refractivity contribution in [3.05, 3.63) is 110 Å². The molecule has 2 aromatic carbocycles. The maximum atomic E-state index is 13.9. The molecule has 10 heteroatoms. The predicted octanol–water partition coefficient (Wildman–Crippen LogP) is 4.90. The molecule has 205 valence electrons. The Labute approximate surface area is 280 Å². The van der Waals surface area contributed by atoms with Crippen LogP contribution in [-0.4, -0.2) is 82.2 Å². The molecule has 1 N–H and O–H groups in total. The summed E-state index contributed by atoms with van der Waals surface area (Å²) in [6.45, 7) is 7.81. The summed E-state index contributed by atoms with van der Waals surface area (Å²) >= 11 is 0. The number of aromatic amines is 1. The first kappa shape index (κ1) is 30.8. The number of pyridine rings is 1. The van der Waals surface area contributed by atoms with Crippen LogP contribution < -0.4 is 16.1 Å². The minimum absolute atomic E-state index is 0. The van der Waals surface area contributed by atoms with Crippen molar-refractivity contribution in [1.82, 2.24) is 24.7 Å². The van der Waals surface area contributed by atoms with Crippen LogP contribution in [0.2, 0.25) is 0 Å². The first-order chi connectivity index (χ1) is 19.3. The second-order valence-corrected chi connectivity index (χ2v) is 9.86. The third kappa shape index (κ3) is 7.02. The van der Waals surface area contributed by atoms with Crippen molar-refractivity contribution in [2.75, 3.05) is 0 Å². The maximum absolute atomic E-state index is 13.9. The van der Waals surface area contributed by atoms with Crippen molar-refractivity contribution >= 4 is 51.4 Å². The molecule has 41 heavy (non-hydrogen) atoms. The van der Waals surface area contributed by atoms with E-state index in [1.165, 1.54) is 0 Å². The van der Waals surface area contributed by atoms with E-state index in [9.17, 15) is 9.59 Å². The third-order valence-electron chi connectivity index (χ3n) is 6.52. The molecule has 0 bridgehead atoms. The number of nitrogens with one attached hydrogen (secondary N) is 1. The van der Waals surface area contributed by atoms with Gasteiger partial charge in [-0.05, 0) is 49.9 Å². The number of aryl methyl sites for hydroxylation is 2. The molecule has 0 unspecified atom stereocenters. The zero-order valence-electron chi connectivity index (χ0n) is 24.0. The number of nitrogens with zero attached hydrogens (tertiary/aromatic N) is 4. The minimum atomic E-state index is -0.601. The molecule has 0 aliphatic heterocycles. The first-order valence-electron chi connectivity index (χ1n) is 13.3. The molecule has 0 fully saturated rings. The van der Waals surface area contributed by atoms with Crippen molar-refractivity contribution in [3.8, 4) is 34.1 Å². The van der Waals surface area contributed by atoms with Crippen LogP contribution in [0.5, 0.6) is 5.88 Å². The van der Waals surface area contributed by atoms with Gasteiger partial charge in [-0.3, -0.25) is 18.9 Å². The molecule has 3 aromatic heterocycles. The van der Waals surface area contributed by atoms with Gasteiger partial charge in [-0.2, -0.15) is 0 Å². The van der Waals surface area contributed by atoms with Crippen molar-refractivity contribution < 1.29 is 9.26 Å². The summed E-state index contributed by atoms with van der Waals surface area (Å²) in [5.74, 6) is 0.903. The molecule has 0 spiro atoms. The number of benzene rings is 2. The van der Waals surface area contributed by atoms with E-state index in [1.54, 1.807) is 16.8 Å². The van der Waals surface area contributed by atoms with Gasteiger partial charge in [0.1, 0.15) is 5.82 Å². The number of ether oxygens (including phenoxy) is 1. The van der Waals surface area contributed by atoms with Crippen LogP contribution in [0.1, 0.15) is 49.8 Å². The van der Waals surface area contributed by atoms with E-state index in [1.807, 2.05) is 75.4 Å². The number of rotatable bonds is 9. The summed E-state index contributed by atoms with van der Waals surface area (Å²) < 4.78 is 12.0. The Morgan fingerprint density at radius 3 is 2.34 bits per heavy atom. The van der Waals surface area contributed by atoms with E-state index in [-0.39, 0.29) is 63.0 Å². The largest absolute Gasteiger partial charge is 0.475 e.